The molecule has 12 heteroatoms. The number of nitrogens with one attached hydrogen (secondary N) is 2. The molecule has 31 heavy (non-hydrogen) atoms. The van der Waals surface area contributed by atoms with E-state index in [2.05, 4.69) is 15.0 Å². The summed E-state index contributed by atoms with van der Waals surface area (Å²) in [5.41, 5.74) is -1.40. The van der Waals surface area contributed by atoms with E-state index in [1.807, 2.05) is 4.98 Å². The van der Waals surface area contributed by atoms with Crippen LogP contribution in [0, 0.1) is 0 Å². The molecule has 0 saturated carbocycles. The Morgan fingerprint density at radius 2 is 1.87 bits per heavy atom. The molecule has 0 bridgehead atoms. The standard InChI is InChI=1S/C19H19N5O7/c25-7-12(27)15(28)11(26)6-24-16-14(17(29)23-19(31)22-16)21-13(18(24)30)9-5-20-10-4-2-1-3-8(9)10/h1-5,11-12,15,20,25-28H,6-7H2,(H2,22,23,29,31)/t11-,12+,15-/m0/s1. The van der Waals surface area contributed by atoms with Gasteiger partial charge in [-0.05, 0) is 6.07 Å². The number of benzene rings is 1. The molecule has 4 aromatic rings. The Hall–Kier alpha value is -3.58. The van der Waals surface area contributed by atoms with Crippen molar-refractivity contribution in [3.8, 4) is 17.3 Å². The molecule has 12 nitrogen and oxygen atoms in total. The average molecular weight is 429 g/mol. The van der Waals surface area contributed by atoms with E-state index < -0.39 is 48.6 Å². The van der Waals surface area contributed by atoms with Crippen LogP contribution in [0.3, 0.4) is 0 Å². The molecule has 0 aliphatic rings. The quantitative estimate of drug-likeness (QED) is 0.198. The van der Waals surface area contributed by atoms with Crippen molar-refractivity contribution in [2.45, 2.75) is 24.9 Å². The fourth-order valence-corrected chi connectivity index (χ4v) is 3.38. The topological polar surface area (TPSA) is 200 Å². The van der Waals surface area contributed by atoms with Gasteiger partial charge in [-0.1, -0.05) is 18.2 Å². The maximum Gasteiger partial charge on any atom is 1.00 e. The highest BCUT2D eigenvalue weighted by molar-refractivity contribution is 5.95. The minimum absolute atomic E-state index is 0. The van der Waals surface area contributed by atoms with E-state index in [9.17, 15) is 30.0 Å². The number of rotatable bonds is 6. The number of hydrogen-bond donors (Lipinski definition) is 6. The first-order valence-electron chi connectivity index (χ1n) is 9.25. The SMILES string of the molecule is O=c1[nH]c([O-])nc2c1nc(-c1c[nH]c3ccccc13)c(=O)n2C[C@H](O)[C@H](O)[C@H](O)CO.[H+]. The van der Waals surface area contributed by atoms with Crippen molar-refractivity contribution in [1.82, 2.24) is 24.5 Å². The molecule has 0 fully saturated rings. The summed E-state index contributed by atoms with van der Waals surface area (Å²) in [6, 6.07) is 6.07. The summed E-state index contributed by atoms with van der Waals surface area (Å²) >= 11 is 0. The maximum atomic E-state index is 13.3. The lowest BCUT2D eigenvalue weighted by Gasteiger charge is -2.23. The number of H-pyrrole nitrogens is 2. The molecule has 6 N–H and O–H groups in total. The Morgan fingerprint density at radius 1 is 1.13 bits per heavy atom. The van der Waals surface area contributed by atoms with Crippen molar-refractivity contribution in [3.63, 3.8) is 0 Å². The number of aromatic amines is 2. The summed E-state index contributed by atoms with van der Waals surface area (Å²) < 4.78 is 0.841. The smallest absolute Gasteiger partial charge is 0.846 e. The van der Waals surface area contributed by atoms with Crippen molar-refractivity contribution < 1.29 is 27.0 Å². The van der Waals surface area contributed by atoms with Gasteiger partial charge in [-0.15, -0.1) is 0 Å². The molecule has 3 aromatic heterocycles. The molecule has 0 radical (unpaired) electrons. The van der Waals surface area contributed by atoms with Gasteiger partial charge in [0, 0.05) is 22.7 Å². The third-order valence-corrected chi connectivity index (χ3v) is 4.97. The van der Waals surface area contributed by atoms with Crippen LogP contribution >= 0.6 is 0 Å². The Labute approximate surface area is 174 Å². The van der Waals surface area contributed by atoms with Crippen LogP contribution in [0.4, 0.5) is 0 Å². The Balaban J connectivity index is 0.00000289. The molecule has 0 aliphatic heterocycles. The van der Waals surface area contributed by atoms with Gasteiger partial charge in [-0.3, -0.25) is 14.2 Å². The van der Waals surface area contributed by atoms with Gasteiger partial charge in [-0.25, -0.2) is 9.97 Å². The van der Waals surface area contributed by atoms with Crippen molar-refractivity contribution in [3.05, 3.63) is 51.2 Å². The molecule has 1 aromatic carbocycles. The first kappa shape index (κ1) is 20.7. The van der Waals surface area contributed by atoms with Crippen LogP contribution in [0.5, 0.6) is 6.01 Å². The van der Waals surface area contributed by atoms with Gasteiger partial charge in [0.1, 0.15) is 24.0 Å². The van der Waals surface area contributed by atoms with Gasteiger partial charge in [0.05, 0.1) is 19.2 Å². The van der Waals surface area contributed by atoms with E-state index in [1.165, 1.54) is 6.20 Å². The van der Waals surface area contributed by atoms with E-state index in [1.54, 1.807) is 24.3 Å². The van der Waals surface area contributed by atoms with Gasteiger partial charge < -0.3 is 35.5 Å². The normalized spacial score (nSPS) is 14.7. The van der Waals surface area contributed by atoms with E-state index in [0.717, 1.165) is 4.57 Å². The number of aliphatic hydroxyl groups excluding tert-OH is 4. The minimum Gasteiger partial charge on any atom is -0.846 e. The van der Waals surface area contributed by atoms with Crippen LogP contribution in [0.2, 0.25) is 0 Å². The second-order valence-electron chi connectivity index (χ2n) is 6.98. The Bertz CT molecular complexity index is 1380. The third-order valence-electron chi connectivity index (χ3n) is 4.97. The number of hydrogen-bond acceptors (Lipinski definition) is 9. The molecule has 0 amide bonds. The second kappa shape index (κ2) is 7.92. The second-order valence-corrected chi connectivity index (χ2v) is 6.98. The summed E-state index contributed by atoms with van der Waals surface area (Å²) in [6.45, 7) is -1.45. The molecule has 3 heterocycles. The molecule has 162 valence electrons. The lowest BCUT2D eigenvalue weighted by Crippen LogP contribution is -2.43. The van der Waals surface area contributed by atoms with Crippen LogP contribution in [0.15, 0.2) is 40.1 Å². The number of aromatic nitrogens is 5. The molecule has 4 rings (SSSR count). The maximum absolute atomic E-state index is 13.3. The summed E-state index contributed by atoms with van der Waals surface area (Å²) in [6.07, 6.45) is -3.66. The van der Waals surface area contributed by atoms with Crippen LogP contribution in [-0.4, -0.2) is 69.8 Å². The lowest BCUT2D eigenvalue weighted by atomic mass is 10.1. The molecular weight excluding hydrogens is 410 g/mol. The van der Waals surface area contributed by atoms with Gasteiger partial charge in [0.2, 0.25) is 0 Å². The number of para-hydroxylation sites is 1. The molecule has 3 atom stereocenters. The number of nitrogens with zero attached hydrogens (tertiary/aromatic N) is 3. The van der Waals surface area contributed by atoms with Crippen LogP contribution in [-0.2, 0) is 6.54 Å². The van der Waals surface area contributed by atoms with Crippen LogP contribution in [0.25, 0.3) is 33.3 Å². The fourth-order valence-electron chi connectivity index (χ4n) is 3.38. The van der Waals surface area contributed by atoms with Crippen molar-refractivity contribution in [2.24, 2.45) is 0 Å². The predicted molar refractivity (Wildman–Crippen MR) is 107 cm³/mol. The molecular formula is C19H19N5O7. The minimum atomic E-state index is -1.80. The molecule has 0 saturated heterocycles. The molecule has 0 unspecified atom stereocenters. The van der Waals surface area contributed by atoms with Crippen LogP contribution < -0.4 is 16.2 Å². The van der Waals surface area contributed by atoms with Crippen LogP contribution in [0.1, 0.15) is 1.43 Å². The lowest BCUT2D eigenvalue weighted by molar-refractivity contribution is -0.281. The molecule has 0 aliphatic carbocycles. The first-order chi connectivity index (χ1) is 14.8. The highest BCUT2D eigenvalue weighted by Gasteiger charge is 2.27. The zero-order valence-electron chi connectivity index (χ0n) is 16.9. The zero-order chi connectivity index (χ0) is 22.3. The predicted octanol–water partition coefficient (Wildman–Crippen LogP) is -2.11. The monoisotopic (exact) mass is 429 g/mol. The van der Waals surface area contributed by atoms with Crippen molar-refractivity contribution in [2.75, 3.05) is 6.61 Å². The summed E-state index contributed by atoms with van der Waals surface area (Å²) in [5.74, 6) is 0. The first-order valence-corrected chi connectivity index (χ1v) is 9.25. The van der Waals surface area contributed by atoms with Gasteiger partial charge in [0.15, 0.2) is 11.2 Å². The van der Waals surface area contributed by atoms with Gasteiger partial charge in [0.25, 0.3) is 11.1 Å². The summed E-state index contributed by atoms with van der Waals surface area (Å²) in [4.78, 5) is 38.4. The van der Waals surface area contributed by atoms with Gasteiger partial charge in [-0.2, -0.15) is 0 Å². The zero-order valence-corrected chi connectivity index (χ0v) is 15.9. The number of fused-ring (bicyclic) bond motifs is 2. The molecule has 0 spiro atoms. The summed E-state index contributed by atoms with van der Waals surface area (Å²) in [5, 5.41) is 51.2. The van der Waals surface area contributed by atoms with E-state index in [4.69, 9.17) is 5.11 Å². The Morgan fingerprint density at radius 3 is 2.61 bits per heavy atom. The van der Waals surface area contributed by atoms with E-state index in [-0.39, 0.29) is 18.3 Å². The average Bonchev–Trinajstić information content (AvgIpc) is 3.18. The van der Waals surface area contributed by atoms with E-state index >= 15 is 0 Å². The highest BCUT2D eigenvalue weighted by Crippen LogP contribution is 2.26. The van der Waals surface area contributed by atoms with Crippen molar-refractivity contribution in [1.29, 1.82) is 0 Å². The fraction of sp³-hybridized carbons (Fsp3) is 0.263. The van der Waals surface area contributed by atoms with Gasteiger partial charge >= 0.3 is 1.43 Å². The largest absolute Gasteiger partial charge is 1.00 e. The number of aliphatic hydroxyl groups is 4. The highest BCUT2D eigenvalue weighted by atomic mass is 16.4. The third kappa shape index (κ3) is 3.57. The van der Waals surface area contributed by atoms with Crippen molar-refractivity contribution >= 4 is 22.1 Å². The van der Waals surface area contributed by atoms with E-state index in [0.29, 0.717) is 16.5 Å². The Kier molecular flexibility index (Phi) is 5.29. The summed E-state index contributed by atoms with van der Waals surface area (Å²) in [7, 11) is 0.